The predicted octanol–water partition coefficient (Wildman–Crippen LogP) is 3.95. The maximum atomic E-state index is 4.37. The zero-order chi connectivity index (χ0) is 18.9. The summed E-state index contributed by atoms with van der Waals surface area (Å²) in [6.07, 6.45) is 1.14. The Balaban J connectivity index is 1.23. The maximum absolute atomic E-state index is 4.37. The Morgan fingerprint density at radius 3 is 2.93 bits per heavy atom. The highest BCUT2D eigenvalue weighted by Crippen LogP contribution is 2.30. The van der Waals surface area contributed by atoms with Crippen LogP contribution in [-0.4, -0.2) is 39.5 Å². The highest BCUT2D eigenvalue weighted by atomic mass is 32.1. The van der Waals surface area contributed by atoms with Crippen molar-refractivity contribution < 1.29 is 0 Å². The number of nitrogens with one attached hydrogen (secondary N) is 3. The fraction of sp³-hybridized carbons (Fsp3) is 0.286. The highest BCUT2D eigenvalue weighted by Gasteiger charge is 2.25. The molecule has 3 N–H and O–H groups in total. The predicted molar refractivity (Wildman–Crippen MR) is 114 cm³/mol. The fourth-order valence-corrected chi connectivity index (χ4v) is 4.59. The summed E-state index contributed by atoms with van der Waals surface area (Å²) in [5.41, 5.74) is 4.54. The number of anilines is 1. The number of nitrogens with zero attached hydrogens (tertiary/aromatic N) is 3. The Morgan fingerprint density at radius 1 is 1.14 bits per heavy atom. The zero-order valence-corrected chi connectivity index (χ0v) is 16.5. The minimum Gasteiger partial charge on any atom is -0.359 e. The molecule has 6 nitrogen and oxygen atoms in total. The first-order valence-corrected chi connectivity index (χ1v) is 10.4. The van der Waals surface area contributed by atoms with E-state index in [-0.39, 0.29) is 0 Å². The summed E-state index contributed by atoms with van der Waals surface area (Å²) in [5, 5.41) is 26.0. The Bertz CT molecular complexity index is 1090. The van der Waals surface area contributed by atoms with Crippen LogP contribution in [0.4, 0.5) is 5.13 Å². The first kappa shape index (κ1) is 17.3. The van der Waals surface area contributed by atoms with Crippen LogP contribution in [0.1, 0.15) is 23.6 Å². The van der Waals surface area contributed by atoms with Crippen molar-refractivity contribution in [3.05, 3.63) is 59.8 Å². The third kappa shape index (κ3) is 3.39. The number of benzene rings is 2. The molecule has 1 saturated heterocycles. The van der Waals surface area contributed by atoms with E-state index in [0.29, 0.717) is 12.0 Å². The summed E-state index contributed by atoms with van der Waals surface area (Å²) in [7, 11) is 0. The number of aromatic amines is 1. The summed E-state index contributed by atoms with van der Waals surface area (Å²) in [6, 6.07) is 17.4. The quantitative estimate of drug-likeness (QED) is 0.481. The molecule has 4 aromatic rings. The van der Waals surface area contributed by atoms with E-state index in [1.807, 2.05) is 13.0 Å². The van der Waals surface area contributed by atoms with Gasteiger partial charge in [0, 0.05) is 35.8 Å². The molecule has 0 aliphatic carbocycles. The van der Waals surface area contributed by atoms with Gasteiger partial charge >= 0.3 is 0 Å². The van der Waals surface area contributed by atoms with E-state index < -0.39 is 0 Å². The lowest BCUT2D eigenvalue weighted by Crippen LogP contribution is -2.29. The van der Waals surface area contributed by atoms with Gasteiger partial charge in [0.15, 0.2) is 0 Å². The third-order valence-corrected chi connectivity index (χ3v) is 6.34. The first-order valence-electron chi connectivity index (χ1n) is 9.57. The van der Waals surface area contributed by atoms with Crippen molar-refractivity contribution in [2.45, 2.75) is 25.3 Å². The number of H-pyrrole nitrogens is 1. The van der Waals surface area contributed by atoms with Crippen LogP contribution in [0.25, 0.3) is 21.5 Å². The summed E-state index contributed by atoms with van der Waals surface area (Å²) < 4.78 is 0. The molecule has 142 valence electrons. The first-order chi connectivity index (χ1) is 13.8. The monoisotopic (exact) mass is 390 g/mol. The molecule has 0 unspecified atom stereocenters. The minimum absolute atomic E-state index is 0.447. The van der Waals surface area contributed by atoms with Crippen LogP contribution in [0.3, 0.4) is 0 Å². The molecule has 0 amide bonds. The van der Waals surface area contributed by atoms with E-state index in [9.17, 15) is 0 Å². The molecule has 1 aliphatic rings. The van der Waals surface area contributed by atoms with E-state index in [1.54, 1.807) is 11.3 Å². The molecule has 2 aromatic carbocycles. The largest absolute Gasteiger partial charge is 0.359 e. The van der Waals surface area contributed by atoms with Gasteiger partial charge in [-0.3, -0.25) is 5.10 Å². The molecular weight excluding hydrogens is 368 g/mol. The Labute approximate surface area is 167 Å². The van der Waals surface area contributed by atoms with Crippen LogP contribution in [-0.2, 0) is 0 Å². The van der Waals surface area contributed by atoms with Gasteiger partial charge in [0.2, 0.25) is 5.13 Å². The van der Waals surface area contributed by atoms with Gasteiger partial charge in [0.25, 0.3) is 0 Å². The van der Waals surface area contributed by atoms with Crippen molar-refractivity contribution in [1.82, 2.24) is 25.7 Å². The number of fused-ring (bicyclic) bond motifs is 1. The Morgan fingerprint density at radius 2 is 2.04 bits per heavy atom. The van der Waals surface area contributed by atoms with E-state index in [4.69, 9.17) is 0 Å². The molecule has 0 spiro atoms. The molecule has 5 rings (SSSR count). The van der Waals surface area contributed by atoms with Crippen LogP contribution in [0, 0.1) is 6.92 Å². The molecule has 7 heteroatoms. The third-order valence-electron chi connectivity index (χ3n) is 5.41. The molecule has 28 heavy (non-hydrogen) atoms. The molecule has 1 fully saturated rings. The second kappa shape index (κ2) is 7.33. The van der Waals surface area contributed by atoms with Gasteiger partial charge in [0.05, 0.1) is 5.52 Å². The Hall–Kier alpha value is -2.77. The molecule has 2 aromatic heterocycles. The summed E-state index contributed by atoms with van der Waals surface area (Å²) >= 11 is 1.59. The highest BCUT2D eigenvalue weighted by molar-refractivity contribution is 7.18. The van der Waals surface area contributed by atoms with Gasteiger partial charge in [-0.1, -0.05) is 41.7 Å². The zero-order valence-electron chi connectivity index (χ0n) is 15.6. The number of aryl methyl sites for hydroxylation is 1. The van der Waals surface area contributed by atoms with Crippen molar-refractivity contribution in [2.24, 2.45) is 0 Å². The Kier molecular flexibility index (Phi) is 4.54. The van der Waals surface area contributed by atoms with Crippen molar-refractivity contribution in [1.29, 1.82) is 0 Å². The topological polar surface area (TPSA) is 78.5 Å². The number of hydrogen-bond acceptors (Lipinski definition) is 6. The van der Waals surface area contributed by atoms with E-state index in [1.165, 1.54) is 5.56 Å². The van der Waals surface area contributed by atoms with E-state index >= 15 is 0 Å². The van der Waals surface area contributed by atoms with Gasteiger partial charge in [0.1, 0.15) is 5.01 Å². The van der Waals surface area contributed by atoms with Gasteiger partial charge in [-0.15, -0.1) is 10.2 Å². The van der Waals surface area contributed by atoms with Crippen LogP contribution >= 0.6 is 11.3 Å². The molecule has 2 atom stereocenters. The van der Waals surface area contributed by atoms with Gasteiger partial charge in [-0.2, -0.15) is 5.10 Å². The normalized spacial score (nSPS) is 19.3. The second-order valence-corrected chi connectivity index (χ2v) is 8.30. The van der Waals surface area contributed by atoms with Crippen molar-refractivity contribution in [2.75, 3.05) is 18.4 Å². The molecule has 0 saturated carbocycles. The second-order valence-electron chi connectivity index (χ2n) is 7.32. The average Bonchev–Trinajstić information content (AvgIpc) is 3.47. The van der Waals surface area contributed by atoms with Crippen molar-refractivity contribution in [3.8, 4) is 10.6 Å². The van der Waals surface area contributed by atoms with E-state index in [2.05, 4.69) is 73.5 Å². The molecule has 3 heterocycles. The van der Waals surface area contributed by atoms with E-state index in [0.717, 1.165) is 51.8 Å². The van der Waals surface area contributed by atoms with Crippen LogP contribution in [0.15, 0.2) is 48.5 Å². The number of aromatic nitrogens is 4. The molecule has 0 bridgehead atoms. The average molecular weight is 391 g/mol. The van der Waals surface area contributed by atoms with Crippen LogP contribution in [0.5, 0.6) is 0 Å². The molecule has 0 radical (unpaired) electrons. The SMILES string of the molecule is Cc1[nH]nc2ccc(-c3nnc(NC[C@@H]4C[C@@H](c5ccccc5)CN4)s3)cc12. The minimum atomic E-state index is 0.447. The van der Waals surface area contributed by atoms with Crippen LogP contribution in [0.2, 0.25) is 0 Å². The number of hydrogen-bond donors (Lipinski definition) is 3. The smallest absolute Gasteiger partial charge is 0.206 e. The van der Waals surface area contributed by atoms with Crippen molar-refractivity contribution >= 4 is 27.4 Å². The molecular formula is C21H22N6S. The van der Waals surface area contributed by atoms with Gasteiger partial charge < -0.3 is 10.6 Å². The lowest BCUT2D eigenvalue weighted by Gasteiger charge is -2.11. The van der Waals surface area contributed by atoms with Crippen molar-refractivity contribution in [3.63, 3.8) is 0 Å². The maximum Gasteiger partial charge on any atom is 0.206 e. The molecule has 1 aliphatic heterocycles. The standard InChI is InChI=1S/C21H22N6S/c1-13-18-10-15(7-8-19(18)25-24-13)20-26-27-21(28-20)23-12-17-9-16(11-22-17)14-5-3-2-4-6-14/h2-8,10,16-17,22H,9,11-12H2,1H3,(H,23,27)(H,24,25)/t16-,17+/m1/s1. The lowest BCUT2D eigenvalue weighted by atomic mass is 9.96. The fourth-order valence-electron chi connectivity index (χ4n) is 3.85. The summed E-state index contributed by atoms with van der Waals surface area (Å²) in [6.45, 7) is 3.92. The number of rotatable bonds is 5. The van der Waals surface area contributed by atoms with Gasteiger partial charge in [-0.05, 0) is 43.0 Å². The lowest BCUT2D eigenvalue weighted by molar-refractivity contribution is 0.627. The van der Waals surface area contributed by atoms with Crippen LogP contribution < -0.4 is 10.6 Å². The summed E-state index contributed by atoms with van der Waals surface area (Å²) in [5.74, 6) is 0.586. The van der Waals surface area contributed by atoms with Gasteiger partial charge in [-0.25, -0.2) is 0 Å². The summed E-state index contributed by atoms with van der Waals surface area (Å²) in [4.78, 5) is 0.